The first-order valence-corrected chi connectivity index (χ1v) is 6.52. The molecule has 1 unspecified atom stereocenters. The van der Waals surface area contributed by atoms with Gasteiger partial charge in [-0.05, 0) is 44.0 Å². The van der Waals surface area contributed by atoms with E-state index in [9.17, 15) is 0 Å². The fraction of sp³-hybridized carbons (Fsp3) is 0.500. The molecule has 1 aromatic carbocycles. The van der Waals surface area contributed by atoms with Crippen LogP contribution in [0.15, 0.2) is 22.7 Å². The number of hydrogen-bond donors (Lipinski definition) is 0. The highest BCUT2D eigenvalue weighted by atomic mass is 79.9. The van der Waals surface area contributed by atoms with Gasteiger partial charge in [0.1, 0.15) is 0 Å². The highest BCUT2D eigenvalue weighted by Crippen LogP contribution is 2.25. The Morgan fingerprint density at radius 3 is 2.93 bits per heavy atom. The maximum absolute atomic E-state index is 6.20. The molecule has 1 fully saturated rings. The summed E-state index contributed by atoms with van der Waals surface area (Å²) in [5, 5.41) is 0.864. The molecule has 1 aromatic rings. The van der Waals surface area contributed by atoms with E-state index in [1.165, 1.54) is 24.9 Å². The van der Waals surface area contributed by atoms with E-state index in [1.54, 1.807) is 0 Å². The molecule has 15 heavy (non-hydrogen) atoms. The summed E-state index contributed by atoms with van der Waals surface area (Å²) in [6.07, 6.45) is 2.63. The first-order valence-electron chi connectivity index (χ1n) is 5.35. The Balaban J connectivity index is 2.10. The molecule has 3 heteroatoms. The highest BCUT2D eigenvalue weighted by Gasteiger charge is 2.20. The summed E-state index contributed by atoms with van der Waals surface area (Å²) in [6.45, 7) is 4.47. The molecule has 0 saturated carbocycles. The van der Waals surface area contributed by atoms with Crippen LogP contribution < -0.4 is 0 Å². The molecule has 2 rings (SSSR count). The van der Waals surface area contributed by atoms with Gasteiger partial charge in [0.05, 0.1) is 0 Å². The summed E-state index contributed by atoms with van der Waals surface area (Å²) in [6, 6.07) is 6.83. The third kappa shape index (κ3) is 2.74. The van der Waals surface area contributed by atoms with E-state index in [2.05, 4.69) is 39.9 Å². The molecule has 1 aliphatic rings. The molecular weight excluding hydrogens is 273 g/mol. The van der Waals surface area contributed by atoms with Gasteiger partial charge in [-0.3, -0.25) is 4.90 Å². The molecule has 82 valence electrons. The molecule has 0 spiro atoms. The van der Waals surface area contributed by atoms with Crippen molar-refractivity contribution in [3.8, 4) is 0 Å². The standard InChI is InChI=1S/C12H15BrClN/c1-9-3-2-6-15(9)8-10-4-5-11(13)7-12(10)14/h4-5,7,9H,2-3,6,8H2,1H3. The summed E-state index contributed by atoms with van der Waals surface area (Å²) in [4.78, 5) is 2.50. The molecule has 0 radical (unpaired) electrons. The molecule has 0 bridgehead atoms. The number of hydrogen-bond acceptors (Lipinski definition) is 1. The Bertz CT molecular complexity index is 353. The maximum atomic E-state index is 6.20. The third-order valence-electron chi connectivity index (χ3n) is 3.08. The van der Waals surface area contributed by atoms with Crippen LogP contribution >= 0.6 is 27.5 Å². The quantitative estimate of drug-likeness (QED) is 0.792. The predicted octanol–water partition coefficient (Wildman–Crippen LogP) is 4.09. The van der Waals surface area contributed by atoms with E-state index >= 15 is 0 Å². The van der Waals surface area contributed by atoms with Gasteiger partial charge >= 0.3 is 0 Å². The van der Waals surface area contributed by atoms with Crippen molar-refractivity contribution < 1.29 is 0 Å². The van der Waals surface area contributed by atoms with Gasteiger partial charge in [-0.1, -0.05) is 33.6 Å². The Kier molecular flexibility index (Phi) is 3.70. The van der Waals surface area contributed by atoms with Crippen molar-refractivity contribution in [2.24, 2.45) is 0 Å². The van der Waals surface area contributed by atoms with Crippen molar-refractivity contribution in [1.29, 1.82) is 0 Å². The number of nitrogens with zero attached hydrogens (tertiary/aromatic N) is 1. The average Bonchev–Trinajstić information content (AvgIpc) is 2.57. The molecule has 0 N–H and O–H groups in total. The van der Waals surface area contributed by atoms with E-state index in [0.717, 1.165) is 16.0 Å². The summed E-state index contributed by atoms with van der Waals surface area (Å²) in [5.41, 5.74) is 1.23. The van der Waals surface area contributed by atoms with Crippen LogP contribution in [0, 0.1) is 0 Å². The van der Waals surface area contributed by atoms with Crippen LogP contribution in [0.3, 0.4) is 0 Å². The van der Waals surface area contributed by atoms with Crippen molar-refractivity contribution >= 4 is 27.5 Å². The second-order valence-electron chi connectivity index (χ2n) is 4.20. The SMILES string of the molecule is CC1CCCN1Cc1ccc(Br)cc1Cl. The van der Waals surface area contributed by atoms with Gasteiger partial charge in [0.15, 0.2) is 0 Å². The average molecular weight is 289 g/mol. The first kappa shape index (κ1) is 11.4. The van der Waals surface area contributed by atoms with Crippen molar-refractivity contribution in [3.63, 3.8) is 0 Å². The second kappa shape index (κ2) is 4.86. The zero-order valence-corrected chi connectivity index (χ0v) is 11.2. The monoisotopic (exact) mass is 287 g/mol. The number of likely N-dealkylation sites (tertiary alicyclic amines) is 1. The van der Waals surface area contributed by atoms with Crippen molar-refractivity contribution in [2.75, 3.05) is 6.54 Å². The van der Waals surface area contributed by atoms with E-state index in [-0.39, 0.29) is 0 Å². The minimum absolute atomic E-state index is 0.699. The molecule has 1 heterocycles. The van der Waals surface area contributed by atoms with Gasteiger partial charge in [0.25, 0.3) is 0 Å². The fourth-order valence-electron chi connectivity index (χ4n) is 2.10. The minimum atomic E-state index is 0.699. The molecular formula is C12H15BrClN. The Labute approximate surface area is 105 Å². The number of halogens is 2. The van der Waals surface area contributed by atoms with E-state index in [0.29, 0.717) is 6.04 Å². The molecule has 1 atom stereocenters. The maximum Gasteiger partial charge on any atom is 0.0462 e. The van der Waals surface area contributed by atoms with E-state index < -0.39 is 0 Å². The lowest BCUT2D eigenvalue weighted by Crippen LogP contribution is -2.26. The predicted molar refractivity (Wildman–Crippen MR) is 68.3 cm³/mol. The van der Waals surface area contributed by atoms with Gasteiger partial charge in [-0.25, -0.2) is 0 Å². The zero-order chi connectivity index (χ0) is 10.8. The third-order valence-corrected chi connectivity index (χ3v) is 3.92. The summed E-state index contributed by atoms with van der Waals surface area (Å²) in [7, 11) is 0. The van der Waals surface area contributed by atoms with E-state index in [1.807, 2.05) is 6.07 Å². The van der Waals surface area contributed by atoms with Crippen LogP contribution in [0.4, 0.5) is 0 Å². The van der Waals surface area contributed by atoms with Gasteiger partial charge < -0.3 is 0 Å². The van der Waals surface area contributed by atoms with Gasteiger partial charge in [-0.15, -0.1) is 0 Å². The lowest BCUT2D eigenvalue weighted by atomic mass is 10.2. The normalized spacial score (nSPS) is 22.2. The summed E-state index contributed by atoms with van der Waals surface area (Å²) < 4.78 is 1.05. The molecule has 0 aromatic heterocycles. The Hall–Kier alpha value is -0.0500. The minimum Gasteiger partial charge on any atom is -0.296 e. The molecule has 0 aliphatic carbocycles. The molecule has 1 aliphatic heterocycles. The van der Waals surface area contributed by atoms with Crippen LogP contribution in [0.25, 0.3) is 0 Å². The lowest BCUT2D eigenvalue weighted by Gasteiger charge is -2.21. The second-order valence-corrected chi connectivity index (χ2v) is 5.52. The first-order chi connectivity index (χ1) is 7.16. The van der Waals surface area contributed by atoms with Crippen LogP contribution in [0.5, 0.6) is 0 Å². The van der Waals surface area contributed by atoms with E-state index in [4.69, 9.17) is 11.6 Å². The van der Waals surface area contributed by atoms with Crippen molar-refractivity contribution in [2.45, 2.75) is 32.4 Å². The number of benzene rings is 1. The van der Waals surface area contributed by atoms with Crippen LogP contribution in [-0.4, -0.2) is 17.5 Å². The summed E-state index contributed by atoms with van der Waals surface area (Å²) >= 11 is 9.62. The highest BCUT2D eigenvalue weighted by molar-refractivity contribution is 9.10. The Morgan fingerprint density at radius 1 is 1.53 bits per heavy atom. The van der Waals surface area contributed by atoms with Crippen molar-refractivity contribution in [1.82, 2.24) is 4.90 Å². The topological polar surface area (TPSA) is 3.24 Å². The Morgan fingerprint density at radius 2 is 2.33 bits per heavy atom. The largest absolute Gasteiger partial charge is 0.296 e. The lowest BCUT2D eigenvalue weighted by molar-refractivity contribution is 0.260. The van der Waals surface area contributed by atoms with Gasteiger partial charge in [-0.2, -0.15) is 0 Å². The summed E-state index contributed by atoms with van der Waals surface area (Å²) in [5.74, 6) is 0. The van der Waals surface area contributed by atoms with Gasteiger partial charge in [0, 0.05) is 22.1 Å². The van der Waals surface area contributed by atoms with Crippen LogP contribution in [-0.2, 0) is 6.54 Å². The molecule has 1 saturated heterocycles. The smallest absolute Gasteiger partial charge is 0.0462 e. The van der Waals surface area contributed by atoms with Gasteiger partial charge in [0.2, 0.25) is 0 Å². The molecule has 1 nitrogen and oxygen atoms in total. The van der Waals surface area contributed by atoms with Crippen LogP contribution in [0.2, 0.25) is 5.02 Å². The van der Waals surface area contributed by atoms with Crippen molar-refractivity contribution in [3.05, 3.63) is 33.3 Å². The number of rotatable bonds is 2. The fourth-order valence-corrected chi connectivity index (χ4v) is 2.83. The molecule has 0 amide bonds. The zero-order valence-electron chi connectivity index (χ0n) is 8.84. The van der Waals surface area contributed by atoms with Crippen LogP contribution in [0.1, 0.15) is 25.3 Å².